The number of rotatable bonds is 7. The molecule has 1 aliphatic rings. The second-order valence-corrected chi connectivity index (χ2v) is 7.83. The van der Waals surface area contributed by atoms with Crippen molar-refractivity contribution in [3.05, 3.63) is 58.6 Å². The first-order valence-electron chi connectivity index (χ1n) is 9.59. The standard InChI is InChI=1S/C22H23BrN2O4/c1-2-29-20(26)8-7-19(13-16-9-10-24-21(16)27)25-22(28)15-4-3-14-5-6-18(23)12-17(14)11-15/h3-8,11-12,16,19H,2,9-10,13H2,1H3,(H,24,27)(H,25,28)/t16-,19+/m0/s1. The predicted molar refractivity (Wildman–Crippen MR) is 114 cm³/mol. The van der Waals surface area contributed by atoms with Gasteiger partial charge in [-0.1, -0.05) is 34.1 Å². The maximum atomic E-state index is 12.8. The number of carbonyl (C=O) groups is 3. The van der Waals surface area contributed by atoms with Gasteiger partial charge in [-0.05, 0) is 54.8 Å². The van der Waals surface area contributed by atoms with E-state index in [4.69, 9.17) is 4.74 Å². The van der Waals surface area contributed by atoms with Crippen LogP contribution >= 0.6 is 15.9 Å². The van der Waals surface area contributed by atoms with Crippen LogP contribution in [0, 0.1) is 5.92 Å². The smallest absolute Gasteiger partial charge is 0.330 e. The van der Waals surface area contributed by atoms with Gasteiger partial charge in [-0.3, -0.25) is 9.59 Å². The largest absolute Gasteiger partial charge is 0.463 e. The molecule has 0 aliphatic carbocycles. The Labute approximate surface area is 177 Å². The zero-order valence-electron chi connectivity index (χ0n) is 16.1. The van der Waals surface area contributed by atoms with Gasteiger partial charge in [0.2, 0.25) is 5.91 Å². The number of nitrogens with one attached hydrogen (secondary N) is 2. The Morgan fingerprint density at radius 2 is 2.07 bits per heavy atom. The van der Waals surface area contributed by atoms with E-state index in [1.807, 2.05) is 30.3 Å². The molecule has 0 aromatic heterocycles. The maximum Gasteiger partial charge on any atom is 0.330 e. The van der Waals surface area contributed by atoms with Gasteiger partial charge in [0.1, 0.15) is 0 Å². The molecule has 0 saturated carbocycles. The average Bonchev–Trinajstić information content (AvgIpc) is 3.10. The fourth-order valence-electron chi connectivity index (χ4n) is 3.36. The van der Waals surface area contributed by atoms with Gasteiger partial charge in [-0.2, -0.15) is 0 Å². The van der Waals surface area contributed by atoms with E-state index in [1.165, 1.54) is 6.08 Å². The molecule has 2 aromatic carbocycles. The summed E-state index contributed by atoms with van der Waals surface area (Å²) in [6, 6.07) is 10.9. The molecular formula is C22H23BrN2O4. The molecule has 0 bridgehead atoms. The van der Waals surface area contributed by atoms with Crippen molar-refractivity contribution in [1.29, 1.82) is 0 Å². The van der Waals surface area contributed by atoms with Crippen LogP contribution < -0.4 is 10.6 Å². The Balaban J connectivity index is 1.77. The molecule has 3 rings (SSSR count). The number of fused-ring (bicyclic) bond motifs is 1. The Morgan fingerprint density at radius 3 is 2.79 bits per heavy atom. The predicted octanol–water partition coefficient (Wildman–Crippen LogP) is 3.35. The lowest BCUT2D eigenvalue weighted by Gasteiger charge is -2.18. The Bertz CT molecular complexity index is 957. The molecule has 0 spiro atoms. The van der Waals surface area contributed by atoms with Crippen LogP contribution in [0.1, 0.15) is 30.1 Å². The Morgan fingerprint density at radius 1 is 1.28 bits per heavy atom. The second-order valence-electron chi connectivity index (χ2n) is 6.91. The van der Waals surface area contributed by atoms with Crippen LogP contribution in [0.15, 0.2) is 53.0 Å². The summed E-state index contributed by atoms with van der Waals surface area (Å²) in [5, 5.41) is 7.71. The number of hydrogen-bond acceptors (Lipinski definition) is 4. The molecule has 2 atom stereocenters. The van der Waals surface area contributed by atoms with Gasteiger partial charge in [0, 0.05) is 34.6 Å². The molecule has 1 aliphatic heterocycles. The number of benzene rings is 2. The lowest BCUT2D eigenvalue weighted by atomic mass is 9.97. The summed E-state index contributed by atoms with van der Waals surface area (Å²) in [7, 11) is 0. The zero-order valence-corrected chi connectivity index (χ0v) is 17.7. The summed E-state index contributed by atoms with van der Waals surface area (Å²) < 4.78 is 5.85. The van der Waals surface area contributed by atoms with Crippen molar-refractivity contribution in [2.24, 2.45) is 5.92 Å². The first-order chi connectivity index (χ1) is 14.0. The average molecular weight is 459 g/mol. The van der Waals surface area contributed by atoms with Gasteiger partial charge in [-0.25, -0.2) is 4.79 Å². The van der Waals surface area contributed by atoms with E-state index in [1.54, 1.807) is 19.1 Å². The van der Waals surface area contributed by atoms with E-state index in [0.717, 1.165) is 15.2 Å². The molecule has 0 unspecified atom stereocenters. The van der Waals surface area contributed by atoms with E-state index >= 15 is 0 Å². The highest BCUT2D eigenvalue weighted by Crippen LogP contribution is 2.22. The summed E-state index contributed by atoms with van der Waals surface area (Å²) in [6.45, 7) is 2.63. The fourth-order valence-corrected chi connectivity index (χ4v) is 3.74. The van der Waals surface area contributed by atoms with Gasteiger partial charge in [0.15, 0.2) is 0 Å². The first-order valence-corrected chi connectivity index (χ1v) is 10.4. The third-order valence-electron chi connectivity index (χ3n) is 4.83. The number of halogens is 1. The molecule has 1 fully saturated rings. The van der Waals surface area contributed by atoms with Crippen molar-refractivity contribution in [1.82, 2.24) is 10.6 Å². The third kappa shape index (κ3) is 5.67. The minimum absolute atomic E-state index is 0.0238. The van der Waals surface area contributed by atoms with Crippen molar-refractivity contribution in [2.45, 2.75) is 25.8 Å². The van der Waals surface area contributed by atoms with Crippen molar-refractivity contribution in [3.8, 4) is 0 Å². The quantitative estimate of drug-likeness (QED) is 0.492. The van der Waals surface area contributed by atoms with Crippen LogP contribution in [0.2, 0.25) is 0 Å². The van der Waals surface area contributed by atoms with E-state index in [0.29, 0.717) is 24.9 Å². The molecular weight excluding hydrogens is 436 g/mol. The number of amides is 2. The third-order valence-corrected chi connectivity index (χ3v) is 5.33. The van der Waals surface area contributed by atoms with Crippen molar-refractivity contribution in [2.75, 3.05) is 13.2 Å². The number of esters is 1. The highest BCUT2D eigenvalue weighted by Gasteiger charge is 2.27. The molecule has 1 heterocycles. The minimum Gasteiger partial charge on any atom is -0.463 e. The van der Waals surface area contributed by atoms with Crippen LogP contribution in [-0.2, 0) is 14.3 Å². The summed E-state index contributed by atoms with van der Waals surface area (Å²) >= 11 is 3.44. The van der Waals surface area contributed by atoms with Crippen LogP contribution in [0.25, 0.3) is 10.8 Å². The van der Waals surface area contributed by atoms with E-state index in [9.17, 15) is 14.4 Å². The zero-order chi connectivity index (χ0) is 20.8. The summed E-state index contributed by atoms with van der Waals surface area (Å²) in [5.74, 6) is -0.953. The van der Waals surface area contributed by atoms with Crippen molar-refractivity contribution >= 4 is 44.5 Å². The summed E-state index contributed by atoms with van der Waals surface area (Å²) in [5.41, 5.74) is 0.515. The molecule has 2 amide bonds. The molecule has 7 heteroatoms. The lowest BCUT2D eigenvalue weighted by molar-refractivity contribution is -0.137. The molecule has 1 saturated heterocycles. The number of carbonyl (C=O) groups excluding carboxylic acids is 3. The highest BCUT2D eigenvalue weighted by atomic mass is 79.9. The fraction of sp³-hybridized carbons (Fsp3) is 0.318. The van der Waals surface area contributed by atoms with Crippen LogP contribution in [0.4, 0.5) is 0 Å². The topological polar surface area (TPSA) is 84.5 Å². The molecule has 2 N–H and O–H groups in total. The molecule has 29 heavy (non-hydrogen) atoms. The number of ether oxygens (including phenoxy) is 1. The van der Waals surface area contributed by atoms with Gasteiger partial charge < -0.3 is 15.4 Å². The molecule has 0 radical (unpaired) electrons. The number of hydrogen-bond donors (Lipinski definition) is 2. The maximum absolute atomic E-state index is 12.8. The molecule has 2 aromatic rings. The summed E-state index contributed by atoms with van der Waals surface area (Å²) in [6.07, 6.45) is 4.03. The van der Waals surface area contributed by atoms with Crippen LogP contribution in [-0.4, -0.2) is 37.0 Å². The van der Waals surface area contributed by atoms with Crippen LogP contribution in [0.3, 0.4) is 0 Å². The Hall–Kier alpha value is -2.67. The van der Waals surface area contributed by atoms with E-state index in [2.05, 4.69) is 26.6 Å². The lowest BCUT2D eigenvalue weighted by Crippen LogP contribution is -2.36. The van der Waals surface area contributed by atoms with Gasteiger partial charge in [0.05, 0.1) is 6.61 Å². The van der Waals surface area contributed by atoms with Crippen molar-refractivity contribution in [3.63, 3.8) is 0 Å². The van der Waals surface area contributed by atoms with Crippen molar-refractivity contribution < 1.29 is 19.1 Å². The van der Waals surface area contributed by atoms with Gasteiger partial charge >= 0.3 is 5.97 Å². The second kappa shape index (κ2) is 9.69. The normalized spacial score (nSPS) is 17.3. The van der Waals surface area contributed by atoms with E-state index in [-0.39, 0.29) is 24.3 Å². The molecule has 152 valence electrons. The summed E-state index contributed by atoms with van der Waals surface area (Å²) in [4.78, 5) is 36.5. The SMILES string of the molecule is CCOC(=O)C=C[C@H](C[C@@H]1CCNC1=O)NC(=O)c1ccc2ccc(Br)cc2c1. The van der Waals surface area contributed by atoms with E-state index < -0.39 is 12.0 Å². The minimum atomic E-state index is -0.474. The van der Waals surface area contributed by atoms with Crippen LogP contribution in [0.5, 0.6) is 0 Å². The first kappa shape index (κ1) is 21.0. The Kier molecular flexibility index (Phi) is 7.04. The van der Waals surface area contributed by atoms with Gasteiger partial charge in [0.25, 0.3) is 5.91 Å². The monoisotopic (exact) mass is 458 g/mol. The van der Waals surface area contributed by atoms with Gasteiger partial charge in [-0.15, -0.1) is 0 Å². The molecule has 6 nitrogen and oxygen atoms in total. The highest BCUT2D eigenvalue weighted by molar-refractivity contribution is 9.10.